The van der Waals surface area contributed by atoms with E-state index in [0.29, 0.717) is 28.5 Å². The summed E-state index contributed by atoms with van der Waals surface area (Å²) < 4.78 is 25.4. The van der Waals surface area contributed by atoms with Crippen LogP contribution in [0.1, 0.15) is 15.9 Å². The monoisotopic (exact) mass is 454 g/mol. The second kappa shape index (κ2) is 9.36. The van der Waals surface area contributed by atoms with Crippen molar-refractivity contribution in [3.63, 3.8) is 0 Å². The number of nitrogens with one attached hydrogen (secondary N) is 1. The van der Waals surface area contributed by atoms with Gasteiger partial charge in [-0.3, -0.25) is 4.79 Å². The van der Waals surface area contributed by atoms with E-state index >= 15 is 0 Å². The average Bonchev–Trinajstić information content (AvgIpc) is 3.20. The van der Waals surface area contributed by atoms with E-state index in [9.17, 15) is 9.18 Å². The zero-order valence-electron chi connectivity index (χ0n) is 16.8. The number of halogens is 1. The van der Waals surface area contributed by atoms with E-state index in [2.05, 4.69) is 10.3 Å². The maximum absolute atomic E-state index is 13.0. The molecule has 0 atom stereocenters. The highest BCUT2D eigenvalue weighted by molar-refractivity contribution is 8.00. The molecule has 0 saturated carbocycles. The number of anilines is 1. The molecule has 3 aromatic carbocycles. The van der Waals surface area contributed by atoms with E-state index < -0.39 is 0 Å². The van der Waals surface area contributed by atoms with Crippen LogP contribution in [0.5, 0.6) is 11.5 Å². The second-order valence-corrected chi connectivity index (χ2v) is 8.85. The second-order valence-electron chi connectivity index (χ2n) is 6.60. The molecule has 0 spiro atoms. The van der Waals surface area contributed by atoms with Crippen LogP contribution in [0.4, 0.5) is 10.1 Å². The number of aromatic nitrogens is 1. The lowest BCUT2D eigenvalue weighted by molar-refractivity contribution is 0.102. The van der Waals surface area contributed by atoms with Gasteiger partial charge in [0.05, 0.1) is 24.4 Å². The third-order valence-corrected chi connectivity index (χ3v) is 6.78. The number of hydrogen-bond acceptors (Lipinski definition) is 6. The first kappa shape index (κ1) is 21.1. The van der Waals surface area contributed by atoms with Crippen molar-refractivity contribution in [2.45, 2.75) is 10.1 Å². The number of rotatable bonds is 7. The molecule has 0 aliphatic heterocycles. The standard InChI is InChI=1S/C23H19FN2O3S2/c1-28-19-10-5-15(11-20(19)29-2)22(27)25-17-8-9-18-21(12-17)31-23(26-18)30-13-14-3-6-16(24)7-4-14/h3-12H,13H2,1-2H3,(H,25,27). The normalized spacial score (nSPS) is 10.8. The van der Waals surface area contributed by atoms with Gasteiger partial charge in [0, 0.05) is 17.0 Å². The summed E-state index contributed by atoms with van der Waals surface area (Å²) in [7, 11) is 3.08. The lowest BCUT2D eigenvalue weighted by atomic mass is 10.2. The third kappa shape index (κ3) is 4.98. The number of hydrogen-bond donors (Lipinski definition) is 1. The van der Waals surface area contributed by atoms with Crippen molar-refractivity contribution < 1.29 is 18.7 Å². The minimum atomic E-state index is -0.240. The SMILES string of the molecule is COc1ccc(C(=O)Nc2ccc3nc(SCc4ccc(F)cc4)sc3c2)cc1OC. The third-order valence-electron chi connectivity index (χ3n) is 4.55. The summed E-state index contributed by atoms with van der Waals surface area (Å²) in [6.07, 6.45) is 0. The van der Waals surface area contributed by atoms with Crippen LogP contribution in [-0.2, 0) is 5.75 Å². The quantitative estimate of drug-likeness (QED) is 0.347. The molecule has 4 aromatic rings. The van der Waals surface area contributed by atoms with E-state index in [1.54, 1.807) is 60.5 Å². The molecule has 1 amide bonds. The fourth-order valence-corrected chi connectivity index (χ4v) is 5.01. The lowest BCUT2D eigenvalue weighted by Gasteiger charge is -2.10. The largest absolute Gasteiger partial charge is 0.493 e. The number of thiazole rings is 1. The Morgan fingerprint density at radius 1 is 1.03 bits per heavy atom. The number of ether oxygens (including phenoxy) is 2. The molecule has 1 heterocycles. The average molecular weight is 455 g/mol. The molecule has 1 aromatic heterocycles. The molecular weight excluding hydrogens is 435 g/mol. The Kier molecular flexibility index (Phi) is 6.39. The van der Waals surface area contributed by atoms with Gasteiger partial charge in [0.2, 0.25) is 0 Å². The predicted octanol–water partition coefficient (Wildman–Crippen LogP) is 6.00. The Morgan fingerprint density at radius 3 is 2.55 bits per heavy atom. The zero-order valence-corrected chi connectivity index (χ0v) is 18.5. The van der Waals surface area contributed by atoms with E-state index in [1.165, 1.54) is 19.2 Å². The summed E-state index contributed by atoms with van der Waals surface area (Å²) in [4.78, 5) is 17.3. The number of carbonyl (C=O) groups is 1. The van der Waals surface area contributed by atoms with Crippen LogP contribution in [-0.4, -0.2) is 25.1 Å². The maximum atomic E-state index is 13.0. The molecule has 0 bridgehead atoms. The zero-order chi connectivity index (χ0) is 21.8. The molecule has 31 heavy (non-hydrogen) atoms. The fraction of sp³-hybridized carbons (Fsp3) is 0.130. The van der Waals surface area contributed by atoms with Gasteiger partial charge < -0.3 is 14.8 Å². The highest BCUT2D eigenvalue weighted by Gasteiger charge is 2.12. The van der Waals surface area contributed by atoms with Crippen LogP contribution in [0.15, 0.2) is 65.0 Å². The summed E-state index contributed by atoms with van der Waals surface area (Å²) in [6.45, 7) is 0. The van der Waals surface area contributed by atoms with Crippen molar-refractivity contribution in [2.75, 3.05) is 19.5 Å². The number of benzene rings is 3. The summed E-state index contributed by atoms with van der Waals surface area (Å²) in [6, 6.07) is 17.1. The number of methoxy groups -OCH3 is 2. The molecule has 0 aliphatic carbocycles. The van der Waals surface area contributed by atoms with Crippen LogP contribution in [0.3, 0.4) is 0 Å². The highest BCUT2D eigenvalue weighted by Crippen LogP contribution is 2.33. The summed E-state index contributed by atoms with van der Waals surface area (Å²) in [5, 5.41) is 2.91. The fourth-order valence-electron chi connectivity index (χ4n) is 2.95. The molecular formula is C23H19FN2O3S2. The van der Waals surface area contributed by atoms with Crippen molar-refractivity contribution in [3.8, 4) is 11.5 Å². The van der Waals surface area contributed by atoms with Crippen LogP contribution in [0.2, 0.25) is 0 Å². The van der Waals surface area contributed by atoms with E-state index in [1.807, 2.05) is 18.2 Å². The van der Waals surface area contributed by atoms with Gasteiger partial charge in [-0.1, -0.05) is 23.9 Å². The number of thioether (sulfide) groups is 1. The first-order valence-electron chi connectivity index (χ1n) is 9.37. The van der Waals surface area contributed by atoms with Crippen molar-refractivity contribution in [2.24, 2.45) is 0 Å². The molecule has 5 nitrogen and oxygen atoms in total. The molecule has 158 valence electrons. The number of nitrogens with zero attached hydrogens (tertiary/aromatic N) is 1. The summed E-state index contributed by atoms with van der Waals surface area (Å²) in [5.74, 6) is 1.29. The molecule has 0 unspecified atom stereocenters. The molecule has 0 fully saturated rings. The van der Waals surface area contributed by atoms with Gasteiger partial charge >= 0.3 is 0 Å². The Labute approximate surface area is 187 Å². The Hall–Kier alpha value is -3.10. The topological polar surface area (TPSA) is 60.5 Å². The van der Waals surface area contributed by atoms with E-state index in [0.717, 1.165) is 20.1 Å². The molecule has 4 rings (SSSR count). The van der Waals surface area contributed by atoms with Crippen molar-refractivity contribution in [3.05, 3.63) is 77.6 Å². The molecule has 8 heteroatoms. The lowest BCUT2D eigenvalue weighted by Crippen LogP contribution is -2.12. The molecule has 0 saturated heterocycles. The van der Waals surface area contributed by atoms with Crippen LogP contribution >= 0.6 is 23.1 Å². The van der Waals surface area contributed by atoms with Gasteiger partial charge in [0.25, 0.3) is 5.91 Å². The van der Waals surface area contributed by atoms with Crippen molar-refractivity contribution in [1.29, 1.82) is 0 Å². The van der Waals surface area contributed by atoms with Crippen molar-refractivity contribution >= 4 is 44.9 Å². The summed E-state index contributed by atoms with van der Waals surface area (Å²) in [5.41, 5.74) is 3.06. The van der Waals surface area contributed by atoms with Crippen LogP contribution < -0.4 is 14.8 Å². The number of fused-ring (bicyclic) bond motifs is 1. The minimum Gasteiger partial charge on any atom is -0.493 e. The van der Waals surface area contributed by atoms with Gasteiger partial charge in [-0.15, -0.1) is 11.3 Å². The Balaban J connectivity index is 1.46. The predicted molar refractivity (Wildman–Crippen MR) is 123 cm³/mol. The number of carbonyl (C=O) groups excluding carboxylic acids is 1. The smallest absolute Gasteiger partial charge is 0.255 e. The first-order valence-corrected chi connectivity index (χ1v) is 11.2. The van der Waals surface area contributed by atoms with Crippen molar-refractivity contribution in [1.82, 2.24) is 4.98 Å². The van der Waals surface area contributed by atoms with Gasteiger partial charge in [-0.2, -0.15) is 0 Å². The summed E-state index contributed by atoms with van der Waals surface area (Å²) >= 11 is 3.16. The van der Waals surface area contributed by atoms with Gasteiger partial charge in [0.1, 0.15) is 5.82 Å². The highest BCUT2D eigenvalue weighted by atomic mass is 32.2. The molecule has 1 N–H and O–H groups in total. The minimum absolute atomic E-state index is 0.239. The van der Waals surface area contributed by atoms with Gasteiger partial charge in [-0.05, 0) is 54.1 Å². The van der Waals surface area contributed by atoms with Gasteiger partial charge in [-0.25, -0.2) is 9.37 Å². The molecule has 0 radical (unpaired) electrons. The maximum Gasteiger partial charge on any atom is 0.255 e. The van der Waals surface area contributed by atoms with E-state index in [-0.39, 0.29) is 11.7 Å². The van der Waals surface area contributed by atoms with E-state index in [4.69, 9.17) is 9.47 Å². The first-order chi connectivity index (χ1) is 15.1. The number of amides is 1. The Bertz CT molecular complexity index is 1230. The molecule has 0 aliphatic rings. The Morgan fingerprint density at radius 2 is 1.81 bits per heavy atom. The van der Waals surface area contributed by atoms with Crippen LogP contribution in [0.25, 0.3) is 10.2 Å². The van der Waals surface area contributed by atoms with Crippen LogP contribution in [0, 0.1) is 5.82 Å². The van der Waals surface area contributed by atoms with Gasteiger partial charge in [0.15, 0.2) is 15.8 Å².